The summed E-state index contributed by atoms with van der Waals surface area (Å²) < 4.78 is 0. The van der Waals surface area contributed by atoms with Gasteiger partial charge in [-0.3, -0.25) is 0 Å². The molecule has 104 valence electrons. The Kier molecular flexibility index (Phi) is 1.97. The van der Waals surface area contributed by atoms with Gasteiger partial charge in [-0.05, 0) is 0 Å². The van der Waals surface area contributed by atoms with Crippen LogP contribution in [0, 0.1) is 0 Å². The van der Waals surface area contributed by atoms with Crippen LogP contribution in [0.5, 0.6) is 0 Å². The number of rotatable bonds is 3. The number of hydrogen-bond acceptors (Lipinski definition) is 6. The number of hydrogen-bond donors (Lipinski definition) is 0. The fourth-order valence-electron chi connectivity index (χ4n) is 2.11. The topological polar surface area (TPSA) is 63.1 Å². The molecule has 1 aromatic rings. The molecular formula is C12H16N8. The lowest BCUT2D eigenvalue weighted by molar-refractivity contribution is 0.681. The molecular weight excluding hydrogens is 256 g/mol. The van der Waals surface area contributed by atoms with E-state index >= 15 is 0 Å². The number of nitrogens with zero attached hydrogens (tertiary/aromatic N) is 8. The lowest BCUT2D eigenvalue weighted by Crippen LogP contribution is -2.20. The number of anilines is 2. The van der Waals surface area contributed by atoms with Crippen molar-refractivity contribution in [3.8, 4) is 0 Å². The molecule has 5 rings (SSSR count). The van der Waals surface area contributed by atoms with Crippen molar-refractivity contribution in [1.82, 2.24) is 24.8 Å². The maximum Gasteiger partial charge on any atom is 0.259 e. The molecule has 0 amide bonds. The van der Waals surface area contributed by atoms with E-state index in [-0.39, 0.29) is 0 Å². The van der Waals surface area contributed by atoms with E-state index < -0.39 is 0 Å². The van der Waals surface area contributed by atoms with Crippen LogP contribution < -0.4 is 9.80 Å². The molecule has 1 aromatic heterocycles. The van der Waals surface area contributed by atoms with Crippen molar-refractivity contribution < 1.29 is 0 Å². The standard InChI is InChI=1S/C12H16N8/c1-2-17(1)10-13-9(14-11(16-10)18-3-4-18)15-12(19-5-6-19)20-7-8-20/h1-8H2. The minimum Gasteiger partial charge on any atom is -0.339 e. The van der Waals surface area contributed by atoms with Crippen LogP contribution >= 0.6 is 0 Å². The second kappa shape index (κ2) is 3.71. The van der Waals surface area contributed by atoms with E-state index in [1.54, 1.807) is 0 Å². The zero-order valence-electron chi connectivity index (χ0n) is 11.2. The van der Waals surface area contributed by atoms with Crippen molar-refractivity contribution in [3.63, 3.8) is 0 Å². The summed E-state index contributed by atoms with van der Waals surface area (Å²) in [5.74, 6) is 3.13. The molecule has 8 nitrogen and oxygen atoms in total. The van der Waals surface area contributed by atoms with Crippen molar-refractivity contribution in [2.45, 2.75) is 0 Å². The van der Waals surface area contributed by atoms with Gasteiger partial charge in [0.25, 0.3) is 5.95 Å². The minimum atomic E-state index is 0.553. The molecule has 20 heavy (non-hydrogen) atoms. The Labute approximate surface area is 116 Å². The van der Waals surface area contributed by atoms with Crippen LogP contribution in [0.4, 0.5) is 17.8 Å². The van der Waals surface area contributed by atoms with Gasteiger partial charge in [0, 0.05) is 52.4 Å². The molecule has 0 N–H and O–H groups in total. The van der Waals surface area contributed by atoms with Gasteiger partial charge in [0.15, 0.2) is 0 Å². The molecule has 0 radical (unpaired) electrons. The highest BCUT2D eigenvalue weighted by atomic mass is 15.5. The van der Waals surface area contributed by atoms with Gasteiger partial charge in [0.05, 0.1) is 0 Å². The van der Waals surface area contributed by atoms with Crippen molar-refractivity contribution in [1.29, 1.82) is 0 Å². The fraction of sp³-hybridized carbons (Fsp3) is 0.667. The lowest BCUT2D eigenvalue weighted by Gasteiger charge is -2.10. The van der Waals surface area contributed by atoms with Crippen LogP contribution in [-0.4, -0.2) is 83.1 Å². The van der Waals surface area contributed by atoms with E-state index in [1.807, 2.05) is 0 Å². The van der Waals surface area contributed by atoms with Gasteiger partial charge in [-0.15, -0.1) is 0 Å². The summed E-state index contributed by atoms with van der Waals surface area (Å²) in [6.45, 7) is 8.54. The van der Waals surface area contributed by atoms with Crippen molar-refractivity contribution >= 4 is 23.8 Å². The first-order valence-electron chi connectivity index (χ1n) is 7.21. The molecule has 4 fully saturated rings. The molecule has 0 aromatic carbocycles. The number of guanidine groups is 1. The molecule has 0 spiro atoms. The third-order valence-electron chi connectivity index (χ3n) is 3.72. The van der Waals surface area contributed by atoms with Crippen LogP contribution in [0.2, 0.25) is 0 Å². The average molecular weight is 272 g/mol. The monoisotopic (exact) mass is 272 g/mol. The van der Waals surface area contributed by atoms with Crippen molar-refractivity contribution in [3.05, 3.63) is 0 Å². The van der Waals surface area contributed by atoms with Gasteiger partial charge in [-0.2, -0.15) is 19.9 Å². The summed E-state index contributed by atoms with van der Waals surface area (Å²) in [7, 11) is 0. The molecule has 5 heterocycles. The van der Waals surface area contributed by atoms with Crippen LogP contribution in [0.1, 0.15) is 0 Å². The summed E-state index contributed by atoms with van der Waals surface area (Å²) in [6.07, 6.45) is 0. The minimum absolute atomic E-state index is 0.553. The Hall–Kier alpha value is -2.12. The normalized spacial score (nSPS) is 22.0. The van der Waals surface area contributed by atoms with Gasteiger partial charge in [0.1, 0.15) is 0 Å². The fourth-order valence-corrected chi connectivity index (χ4v) is 2.11. The quantitative estimate of drug-likeness (QED) is 0.402. The summed E-state index contributed by atoms with van der Waals surface area (Å²) in [4.78, 5) is 27.0. The van der Waals surface area contributed by atoms with E-state index in [1.165, 1.54) is 0 Å². The smallest absolute Gasteiger partial charge is 0.259 e. The maximum atomic E-state index is 4.68. The van der Waals surface area contributed by atoms with E-state index in [0.717, 1.165) is 70.2 Å². The van der Waals surface area contributed by atoms with E-state index in [2.05, 4.69) is 39.5 Å². The van der Waals surface area contributed by atoms with Crippen LogP contribution in [0.25, 0.3) is 0 Å². The lowest BCUT2D eigenvalue weighted by atomic mass is 10.8. The summed E-state index contributed by atoms with van der Waals surface area (Å²) in [5.41, 5.74) is 0. The molecule has 0 aliphatic carbocycles. The van der Waals surface area contributed by atoms with Crippen LogP contribution in [-0.2, 0) is 0 Å². The Balaban J connectivity index is 1.52. The third-order valence-corrected chi connectivity index (χ3v) is 3.72. The molecule has 8 heteroatoms. The summed E-state index contributed by atoms with van der Waals surface area (Å²) >= 11 is 0. The van der Waals surface area contributed by atoms with Gasteiger partial charge in [-0.1, -0.05) is 0 Å². The van der Waals surface area contributed by atoms with Crippen LogP contribution in [0.15, 0.2) is 4.99 Å². The van der Waals surface area contributed by atoms with E-state index in [4.69, 9.17) is 0 Å². The van der Waals surface area contributed by atoms with Crippen molar-refractivity contribution in [2.75, 3.05) is 62.2 Å². The van der Waals surface area contributed by atoms with Gasteiger partial charge in [0.2, 0.25) is 17.9 Å². The number of aromatic nitrogens is 3. The average Bonchev–Trinajstić information content (AvgIpc) is 3.32. The SMILES string of the molecule is C1CN1C(=Nc1nc(N2CC2)nc(N2CC2)n1)N1CC1. The maximum absolute atomic E-state index is 4.68. The Bertz CT molecular complexity index is 539. The Morgan fingerprint density at radius 1 is 0.700 bits per heavy atom. The summed E-state index contributed by atoms with van der Waals surface area (Å²) in [6, 6.07) is 0. The number of aliphatic imine (C=N–C) groups is 1. The van der Waals surface area contributed by atoms with E-state index in [9.17, 15) is 0 Å². The van der Waals surface area contributed by atoms with E-state index in [0.29, 0.717) is 5.95 Å². The predicted octanol–water partition coefficient (Wildman–Crippen LogP) is -0.870. The predicted molar refractivity (Wildman–Crippen MR) is 74.5 cm³/mol. The highest BCUT2D eigenvalue weighted by molar-refractivity contribution is 5.85. The van der Waals surface area contributed by atoms with Crippen molar-refractivity contribution in [2.24, 2.45) is 4.99 Å². The molecule has 0 saturated carbocycles. The molecule has 0 bridgehead atoms. The highest BCUT2D eigenvalue weighted by Gasteiger charge is 2.33. The first kappa shape index (κ1) is 10.6. The molecule has 0 atom stereocenters. The zero-order valence-corrected chi connectivity index (χ0v) is 11.2. The van der Waals surface area contributed by atoms with Gasteiger partial charge in [-0.25, -0.2) is 0 Å². The largest absolute Gasteiger partial charge is 0.339 e. The molecule has 0 unspecified atom stereocenters. The van der Waals surface area contributed by atoms with Gasteiger partial charge < -0.3 is 19.6 Å². The first-order chi connectivity index (χ1) is 9.87. The zero-order chi connectivity index (χ0) is 13.1. The molecule has 4 aliphatic rings. The molecule has 4 aliphatic heterocycles. The second-order valence-electron chi connectivity index (χ2n) is 5.60. The highest BCUT2D eigenvalue weighted by Crippen LogP contribution is 2.26. The Morgan fingerprint density at radius 2 is 1.20 bits per heavy atom. The molecule has 4 saturated heterocycles. The second-order valence-corrected chi connectivity index (χ2v) is 5.60. The Morgan fingerprint density at radius 3 is 1.60 bits per heavy atom. The van der Waals surface area contributed by atoms with Crippen LogP contribution in [0.3, 0.4) is 0 Å². The summed E-state index contributed by atoms with van der Waals surface area (Å²) in [5, 5.41) is 0. The van der Waals surface area contributed by atoms with Gasteiger partial charge >= 0.3 is 0 Å². The third kappa shape index (κ3) is 2.00. The first-order valence-corrected chi connectivity index (χ1v) is 7.21.